The summed E-state index contributed by atoms with van der Waals surface area (Å²) in [6.07, 6.45) is 9.83. The van der Waals surface area contributed by atoms with Crippen molar-refractivity contribution in [2.75, 3.05) is 51.0 Å². The van der Waals surface area contributed by atoms with Crippen molar-refractivity contribution in [3.63, 3.8) is 0 Å². The van der Waals surface area contributed by atoms with E-state index in [1.807, 2.05) is 0 Å². The number of fused-ring (bicyclic) bond motifs is 1. The number of nitrogens with one attached hydrogen (secondary N) is 2. The zero-order valence-electron chi connectivity index (χ0n) is 40.4. The Labute approximate surface area is 417 Å². The number of aromatic nitrogens is 4. The lowest BCUT2D eigenvalue weighted by Crippen LogP contribution is -2.46. The highest BCUT2D eigenvalue weighted by Crippen LogP contribution is 2.61. The number of nitrogens with zero attached hydrogens (tertiary/aromatic N) is 4. The fourth-order valence-electron chi connectivity index (χ4n) is 7.81. The smallest absolute Gasteiger partial charge is 0.386 e. The van der Waals surface area contributed by atoms with Crippen molar-refractivity contribution in [3.8, 4) is 0 Å². The van der Waals surface area contributed by atoms with Gasteiger partial charge >= 0.3 is 23.5 Å². The van der Waals surface area contributed by atoms with Gasteiger partial charge in [-0.25, -0.2) is 28.6 Å². The molecule has 0 spiro atoms. The molecule has 26 nitrogen and oxygen atoms in total. The predicted octanol–water partition coefficient (Wildman–Crippen LogP) is 4.28. The van der Waals surface area contributed by atoms with Crippen LogP contribution in [0.2, 0.25) is 0 Å². The molecule has 10 N–H and O–H groups in total. The number of nitrogen functional groups attached to an aromatic ring is 1. The zero-order chi connectivity index (χ0) is 52.3. The van der Waals surface area contributed by atoms with Crippen LogP contribution in [0.1, 0.15) is 130 Å². The normalized spacial score (nSPS) is 21.5. The summed E-state index contributed by atoms with van der Waals surface area (Å²) in [7, 11) is -16.4. The second kappa shape index (κ2) is 29.0. The highest BCUT2D eigenvalue weighted by molar-refractivity contribution is 8.13. The highest BCUT2D eigenvalue weighted by atomic mass is 32.2. The summed E-state index contributed by atoms with van der Waals surface area (Å²) in [5.74, 6) is -2.10. The minimum Gasteiger partial charge on any atom is -0.386 e. The van der Waals surface area contributed by atoms with Crippen LogP contribution in [0.4, 0.5) is 5.82 Å². The summed E-state index contributed by atoms with van der Waals surface area (Å²) in [4.78, 5) is 89.3. The molecule has 406 valence electrons. The van der Waals surface area contributed by atoms with Gasteiger partial charge in [-0.05, 0) is 6.42 Å². The molecule has 4 rings (SSSR count). The van der Waals surface area contributed by atoms with E-state index in [0.29, 0.717) is 25.4 Å². The van der Waals surface area contributed by atoms with Gasteiger partial charge in [0.25, 0.3) is 0 Å². The van der Waals surface area contributed by atoms with Crippen LogP contribution < -0.4 is 16.4 Å². The maximum atomic E-state index is 12.8. The molecule has 2 fully saturated rings. The molecular weight excluding hydrogens is 1020 g/mol. The Morgan fingerprint density at radius 3 is 2.13 bits per heavy atom. The number of unbranched alkanes of at least 4 members (excludes halogenated alkanes) is 12. The number of thioether (sulfide) groups is 1. The van der Waals surface area contributed by atoms with Crippen molar-refractivity contribution in [2.45, 2.75) is 160 Å². The first-order valence-electron chi connectivity index (χ1n) is 23.8. The molecule has 0 aliphatic carbocycles. The highest BCUT2D eigenvalue weighted by Gasteiger charge is 2.50. The van der Waals surface area contributed by atoms with Gasteiger partial charge in [0.1, 0.15) is 36.3 Å². The number of imidazole rings is 1. The summed E-state index contributed by atoms with van der Waals surface area (Å²) in [5.41, 5.74) is 4.27. The van der Waals surface area contributed by atoms with Crippen molar-refractivity contribution < 1.29 is 90.0 Å². The van der Waals surface area contributed by atoms with Crippen LogP contribution in [0.3, 0.4) is 0 Å². The molecule has 2 aromatic rings. The Morgan fingerprint density at radius 1 is 0.901 bits per heavy atom. The number of anilines is 1. The Morgan fingerprint density at radius 2 is 1.51 bits per heavy atom. The Balaban J connectivity index is 1.11. The number of hydrogen-bond donors (Lipinski definition) is 9. The summed E-state index contributed by atoms with van der Waals surface area (Å²) in [6, 6.07) is 0. The molecule has 7 atom stereocenters. The second-order valence-corrected chi connectivity index (χ2v) is 23.5. The number of carbonyl (C=O) groups is 3. The van der Waals surface area contributed by atoms with Crippen molar-refractivity contribution in [1.82, 2.24) is 30.2 Å². The van der Waals surface area contributed by atoms with E-state index in [4.69, 9.17) is 29.0 Å². The van der Waals surface area contributed by atoms with Crippen LogP contribution in [0, 0.1) is 5.41 Å². The van der Waals surface area contributed by atoms with Gasteiger partial charge in [0.05, 0.1) is 39.2 Å². The standard InChI is InChI=1S/C41H72N7O19P3S/c1-4-5-6-7-8-9-10-11-12-13-14-15-16-18-41(61-21-22-62-41)24-31(50)71-23-20-43-30(49)17-19-44-38(53)35(52)40(2,3)26-64-70(59,60)67-69(57,58)63-25-29-34(66-68(54,55)56)33(51)39(65-29)48-28-47-32-36(42)45-27-46-37(32)48/h27-29,33-35,39,51-52H,4-26H2,1-3H3,(H,43,49)(H,44,53)(H,57,58)(H,59,60)(H2,42,45,46)(H2,54,55,56)/t29-,33-,34-,35?,39-/m1/s1. The number of rotatable bonds is 35. The van der Waals surface area contributed by atoms with Gasteiger partial charge in [-0.3, -0.25) is 32.5 Å². The van der Waals surface area contributed by atoms with Gasteiger partial charge < -0.3 is 60.4 Å². The largest absolute Gasteiger partial charge is 0.481 e. The first-order valence-corrected chi connectivity index (χ1v) is 29.3. The lowest BCUT2D eigenvalue weighted by atomic mass is 9.87. The third-order valence-corrected chi connectivity index (χ3v) is 15.6. The maximum Gasteiger partial charge on any atom is 0.481 e. The Kier molecular flexibility index (Phi) is 24.9. The van der Waals surface area contributed by atoms with Crippen LogP contribution in [-0.4, -0.2) is 142 Å². The zero-order valence-corrected chi connectivity index (χ0v) is 43.9. The number of phosphoric acid groups is 3. The van der Waals surface area contributed by atoms with Gasteiger partial charge in [0, 0.05) is 37.1 Å². The van der Waals surface area contributed by atoms with Gasteiger partial charge in [-0.15, -0.1) is 0 Å². The summed E-state index contributed by atoms with van der Waals surface area (Å²) >= 11 is 1.06. The third-order valence-electron chi connectivity index (χ3n) is 11.7. The Hall–Kier alpha value is -2.52. The number of phosphoric ester groups is 3. The molecule has 0 aromatic carbocycles. The monoisotopic (exact) mass is 1090 g/mol. The van der Waals surface area contributed by atoms with E-state index in [1.54, 1.807) is 0 Å². The number of aliphatic hydroxyl groups excluding tert-OH is 2. The molecule has 0 bridgehead atoms. The fraction of sp³-hybridized carbons (Fsp3) is 0.805. The second-order valence-electron chi connectivity index (χ2n) is 18.1. The van der Waals surface area contributed by atoms with E-state index in [1.165, 1.54) is 78.1 Å². The van der Waals surface area contributed by atoms with Crippen LogP contribution >= 0.6 is 35.2 Å². The van der Waals surface area contributed by atoms with E-state index in [2.05, 4.69) is 41.3 Å². The van der Waals surface area contributed by atoms with Crippen molar-refractivity contribution >= 4 is 69.1 Å². The number of aliphatic hydroxyl groups is 2. The molecule has 0 radical (unpaired) electrons. The van der Waals surface area contributed by atoms with Gasteiger partial charge in [0.15, 0.2) is 28.6 Å². The van der Waals surface area contributed by atoms with Crippen LogP contribution in [-0.2, 0) is 60.2 Å². The average molecular weight is 1090 g/mol. The molecule has 0 saturated carbocycles. The molecule has 2 saturated heterocycles. The lowest BCUT2D eigenvalue weighted by molar-refractivity contribution is -0.169. The maximum absolute atomic E-state index is 12.8. The number of ether oxygens (including phenoxy) is 3. The average Bonchev–Trinajstić information content (AvgIpc) is 4.02. The van der Waals surface area contributed by atoms with Crippen LogP contribution in [0.15, 0.2) is 12.7 Å². The van der Waals surface area contributed by atoms with Gasteiger partial charge in [-0.2, -0.15) is 4.31 Å². The number of amides is 2. The van der Waals surface area contributed by atoms with Crippen molar-refractivity contribution in [1.29, 1.82) is 0 Å². The molecule has 2 aromatic heterocycles. The van der Waals surface area contributed by atoms with Crippen LogP contribution in [0.5, 0.6) is 0 Å². The molecule has 2 aliphatic heterocycles. The number of carbonyl (C=O) groups excluding carboxylic acids is 3. The summed E-state index contributed by atoms with van der Waals surface area (Å²) in [6.45, 7) is 3.53. The molecule has 2 aliphatic rings. The fourth-order valence-corrected chi connectivity index (χ4v) is 11.4. The van der Waals surface area contributed by atoms with E-state index < -0.39 is 90.3 Å². The molecule has 2 amide bonds. The topological polar surface area (TPSA) is 382 Å². The van der Waals surface area contributed by atoms with Gasteiger partial charge in [-0.1, -0.05) is 110 Å². The van der Waals surface area contributed by atoms with E-state index in [9.17, 15) is 57.9 Å². The SMILES string of the molecule is CCCCCCCCCCCCCCCC1(CC(=O)SCCNC(=O)CCNC(=O)C(O)C(C)(C)COP(=O)(O)OP(=O)(O)OC[C@H]2O[C@@H](n3cnc4c(N)ncnc43)[C@H](O)[C@@H]2OP(=O)(O)O)OCCO1. The van der Waals surface area contributed by atoms with E-state index in [-0.39, 0.29) is 48.0 Å². The number of hydrogen-bond acceptors (Lipinski definition) is 20. The van der Waals surface area contributed by atoms with E-state index in [0.717, 1.165) is 48.2 Å². The van der Waals surface area contributed by atoms with Crippen LogP contribution in [0.25, 0.3) is 11.2 Å². The summed E-state index contributed by atoms with van der Waals surface area (Å²) < 4.78 is 74.4. The first-order chi connectivity index (χ1) is 33.5. The van der Waals surface area contributed by atoms with Crippen molar-refractivity contribution in [3.05, 3.63) is 12.7 Å². The molecule has 30 heteroatoms. The third kappa shape index (κ3) is 21.0. The Bertz CT molecular complexity index is 2150. The van der Waals surface area contributed by atoms with Gasteiger partial charge in [0.2, 0.25) is 11.8 Å². The lowest BCUT2D eigenvalue weighted by Gasteiger charge is -2.30. The minimum absolute atomic E-state index is 0.0298. The number of nitrogens with two attached hydrogens (primary N) is 1. The van der Waals surface area contributed by atoms with Crippen molar-refractivity contribution in [2.24, 2.45) is 5.41 Å². The molecule has 71 heavy (non-hydrogen) atoms. The predicted molar refractivity (Wildman–Crippen MR) is 257 cm³/mol. The van der Waals surface area contributed by atoms with E-state index >= 15 is 0 Å². The molecule has 4 heterocycles. The first kappa shape index (κ1) is 61.0. The quantitative estimate of drug-likeness (QED) is 0.0343. The minimum atomic E-state index is -5.59. The molecule has 3 unspecified atom stereocenters. The summed E-state index contributed by atoms with van der Waals surface area (Å²) in [5, 5.41) is 26.6. The molecular formula is C41H72N7O19P3S.